The highest BCUT2D eigenvalue weighted by atomic mass is 35.5. The van der Waals surface area contributed by atoms with Gasteiger partial charge in [-0.25, -0.2) is 4.98 Å². The lowest BCUT2D eigenvalue weighted by molar-refractivity contribution is -0.121. The molecule has 0 saturated carbocycles. The highest BCUT2D eigenvalue weighted by molar-refractivity contribution is 6.36. The monoisotopic (exact) mass is 471 g/mol. The summed E-state index contributed by atoms with van der Waals surface area (Å²) in [6.45, 7) is 3.90. The predicted molar refractivity (Wildman–Crippen MR) is 128 cm³/mol. The Morgan fingerprint density at radius 3 is 2.53 bits per heavy atom. The first-order valence-electron chi connectivity index (χ1n) is 11.0. The lowest BCUT2D eigenvalue weighted by Gasteiger charge is -2.26. The molecule has 1 N–H and O–H groups in total. The van der Waals surface area contributed by atoms with Gasteiger partial charge in [-0.3, -0.25) is 9.69 Å². The third-order valence-electron chi connectivity index (χ3n) is 5.68. The van der Waals surface area contributed by atoms with Crippen molar-refractivity contribution < 1.29 is 9.21 Å². The van der Waals surface area contributed by atoms with E-state index >= 15 is 0 Å². The van der Waals surface area contributed by atoms with E-state index in [1.165, 1.54) is 37.9 Å². The first-order chi connectivity index (χ1) is 15.6. The first-order valence-corrected chi connectivity index (χ1v) is 11.8. The molecule has 32 heavy (non-hydrogen) atoms. The molecule has 5 nitrogen and oxygen atoms in total. The van der Waals surface area contributed by atoms with Gasteiger partial charge in [0.15, 0.2) is 11.7 Å². The van der Waals surface area contributed by atoms with Crippen LogP contribution in [0, 0.1) is 0 Å². The minimum atomic E-state index is -0.0355. The van der Waals surface area contributed by atoms with Gasteiger partial charge in [-0.1, -0.05) is 53.9 Å². The second-order valence-electron chi connectivity index (χ2n) is 8.17. The minimum Gasteiger partial charge on any atom is -0.441 e. The number of halogens is 2. The van der Waals surface area contributed by atoms with E-state index in [1.54, 1.807) is 24.4 Å². The average molecular weight is 472 g/mol. The van der Waals surface area contributed by atoms with E-state index < -0.39 is 0 Å². The number of piperidine rings is 1. The van der Waals surface area contributed by atoms with E-state index in [1.807, 2.05) is 0 Å². The van der Waals surface area contributed by atoms with Gasteiger partial charge in [0, 0.05) is 36.5 Å². The van der Waals surface area contributed by atoms with E-state index in [2.05, 4.69) is 39.5 Å². The summed E-state index contributed by atoms with van der Waals surface area (Å²) in [5, 5.41) is 4.03. The van der Waals surface area contributed by atoms with Gasteiger partial charge in [0.05, 0.1) is 11.2 Å². The van der Waals surface area contributed by atoms with Crippen molar-refractivity contribution in [2.24, 2.45) is 0 Å². The Labute approximate surface area is 198 Å². The summed E-state index contributed by atoms with van der Waals surface area (Å²) < 4.78 is 5.76. The molecule has 2 aromatic carbocycles. The SMILES string of the molecule is O=C(CCc1ncc(-c2ccc(Cl)cc2Cl)o1)NCc1ccc(CN2CCCCC2)cc1. The van der Waals surface area contributed by atoms with Crippen LogP contribution in [-0.4, -0.2) is 28.9 Å². The number of benzene rings is 2. The van der Waals surface area contributed by atoms with E-state index in [0.717, 1.165) is 17.7 Å². The molecule has 1 aromatic heterocycles. The van der Waals surface area contributed by atoms with Crippen molar-refractivity contribution in [1.82, 2.24) is 15.2 Å². The Morgan fingerprint density at radius 1 is 1.03 bits per heavy atom. The molecule has 0 aliphatic carbocycles. The summed E-state index contributed by atoms with van der Waals surface area (Å²) in [7, 11) is 0. The maximum atomic E-state index is 12.3. The molecule has 1 aliphatic heterocycles. The molecule has 1 aliphatic rings. The van der Waals surface area contributed by atoms with Crippen molar-refractivity contribution in [1.29, 1.82) is 0 Å². The van der Waals surface area contributed by atoms with Crippen molar-refractivity contribution in [2.75, 3.05) is 13.1 Å². The predicted octanol–water partition coefficient (Wildman–Crippen LogP) is 5.88. The molecule has 3 aromatic rings. The molecule has 0 radical (unpaired) electrons. The summed E-state index contributed by atoms with van der Waals surface area (Å²) in [5.41, 5.74) is 3.14. The minimum absolute atomic E-state index is 0.0355. The van der Waals surface area contributed by atoms with Crippen LogP contribution in [0.5, 0.6) is 0 Å². The highest BCUT2D eigenvalue weighted by Gasteiger charge is 2.13. The van der Waals surface area contributed by atoms with Crippen LogP contribution in [0.2, 0.25) is 10.0 Å². The Hall–Kier alpha value is -2.34. The molecule has 0 bridgehead atoms. The zero-order chi connectivity index (χ0) is 22.3. The van der Waals surface area contributed by atoms with E-state index in [9.17, 15) is 4.79 Å². The summed E-state index contributed by atoms with van der Waals surface area (Å²) >= 11 is 12.2. The van der Waals surface area contributed by atoms with E-state index in [4.69, 9.17) is 27.6 Å². The molecular weight excluding hydrogens is 445 g/mol. The van der Waals surface area contributed by atoms with Crippen LogP contribution in [-0.2, 0) is 24.3 Å². The van der Waals surface area contributed by atoms with Crippen LogP contribution in [0.3, 0.4) is 0 Å². The highest BCUT2D eigenvalue weighted by Crippen LogP contribution is 2.30. The number of hydrogen-bond acceptors (Lipinski definition) is 4. The number of likely N-dealkylation sites (tertiary alicyclic amines) is 1. The standard InChI is InChI=1S/C25H27Cl2N3O2/c26-20-8-9-21(22(27)14-20)23-16-29-25(32-23)11-10-24(31)28-15-18-4-6-19(7-5-18)17-30-12-2-1-3-13-30/h4-9,14,16H,1-3,10-13,15,17H2,(H,28,31). The number of carbonyl (C=O) groups is 1. The number of aromatic nitrogens is 1. The molecule has 4 rings (SSSR count). The fraction of sp³-hybridized carbons (Fsp3) is 0.360. The maximum Gasteiger partial charge on any atom is 0.220 e. The van der Waals surface area contributed by atoms with Crippen LogP contribution in [0.25, 0.3) is 11.3 Å². The van der Waals surface area contributed by atoms with Crippen molar-refractivity contribution in [3.63, 3.8) is 0 Å². The fourth-order valence-corrected chi connectivity index (χ4v) is 4.39. The molecule has 0 atom stereocenters. The molecule has 0 unspecified atom stereocenters. The summed E-state index contributed by atoms with van der Waals surface area (Å²) in [6, 6.07) is 13.7. The van der Waals surface area contributed by atoms with Gasteiger partial charge < -0.3 is 9.73 Å². The number of hydrogen-bond donors (Lipinski definition) is 1. The van der Waals surface area contributed by atoms with Crippen molar-refractivity contribution in [2.45, 2.75) is 45.2 Å². The van der Waals surface area contributed by atoms with Gasteiger partial charge >= 0.3 is 0 Å². The Bertz CT molecular complexity index is 1040. The second-order valence-corrected chi connectivity index (χ2v) is 9.02. The molecule has 0 spiro atoms. The number of amides is 1. The van der Waals surface area contributed by atoms with Gasteiger partial charge in [0.1, 0.15) is 0 Å². The van der Waals surface area contributed by atoms with Crippen LogP contribution in [0.15, 0.2) is 53.1 Å². The largest absolute Gasteiger partial charge is 0.441 e. The molecular formula is C25H27Cl2N3O2. The third-order valence-corrected chi connectivity index (χ3v) is 6.23. The average Bonchev–Trinajstić information content (AvgIpc) is 3.26. The van der Waals surface area contributed by atoms with Crippen LogP contribution < -0.4 is 5.32 Å². The van der Waals surface area contributed by atoms with Crippen LogP contribution >= 0.6 is 23.2 Å². The summed E-state index contributed by atoms with van der Waals surface area (Å²) in [4.78, 5) is 19.0. The van der Waals surface area contributed by atoms with Gasteiger partial charge in [-0.2, -0.15) is 0 Å². The number of nitrogens with zero attached hydrogens (tertiary/aromatic N) is 2. The quantitative estimate of drug-likeness (QED) is 0.445. The fourth-order valence-electron chi connectivity index (χ4n) is 3.89. The van der Waals surface area contributed by atoms with Crippen molar-refractivity contribution in [3.8, 4) is 11.3 Å². The molecule has 7 heteroatoms. The number of rotatable bonds is 8. The molecule has 1 saturated heterocycles. The number of oxazole rings is 1. The maximum absolute atomic E-state index is 12.3. The number of aryl methyl sites for hydroxylation is 1. The second kappa shape index (κ2) is 11.0. The van der Waals surface area contributed by atoms with Crippen molar-refractivity contribution in [3.05, 3.63) is 75.7 Å². The molecule has 2 heterocycles. The Morgan fingerprint density at radius 2 is 1.78 bits per heavy atom. The topological polar surface area (TPSA) is 58.4 Å². The lowest BCUT2D eigenvalue weighted by Crippen LogP contribution is -2.29. The van der Waals surface area contributed by atoms with Crippen LogP contribution in [0.4, 0.5) is 0 Å². The molecule has 1 fully saturated rings. The normalized spacial score (nSPS) is 14.4. The van der Waals surface area contributed by atoms with Gasteiger partial charge in [-0.05, 0) is 55.3 Å². The molecule has 168 valence electrons. The third kappa shape index (κ3) is 6.35. The Kier molecular flexibility index (Phi) is 7.85. The molecule has 1 amide bonds. The zero-order valence-electron chi connectivity index (χ0n) is 17.9. The Balaban J connectivity index is 1.22. The van der Waals surface area contributed by atoms with Gasteiger partial charge in [0.25, 0.3) is 0 Å². The number of carbonyl (C=O) groups excluding carboxylic acids is 1. The van der Waals surface area contributed by atoms with Gasteiger partial charge in [-0.15, -0.1) is 0 Å². The summed E-state index contributed by atoms with van der Waals surface area (Å²) in [6.07, 6.45) is 6.30. The first kappa shape index (κ1) is 22.8. The van der Waals surface area contributed by atoms with Crippen LogP contribution in [0.1, 0.15) is 42.7 Å². The van der Waals surface area contributed by atoms with E-state index in [-0.39, 0.29) is 5.91 Å². The summed E-state index contributed by atoms with van der Waals surface area (Å²) in [5.74, 6) is 1.03. The van der Waals surface area contributed by atoms with Crippen molar-refractivity contribution >= 4 is 29.1 Å². The lowest BCUT2D eigenvalue weighted by atomic mass is 10.1. The number of nitrogens with one attached hydrogen (secondary N) is 1. The smallest absolute Gasteiger partial charge is 0.220 e. The van der Waals surface area contributed by atoms with Gasteiger partial charge in [0.2, 0.25) is 5.91 Å². The van der Waals surface area contributed by atoms with E-state index in [0.29, 0.717) is 41.1 Å². The zero-order valence-corrected chi connectivity index (χ0v) is 19.5.